The average Bonchev–Trinajstić information content (AvgIpc) is 3.35. The number of benzene rings is 2. The van der Waals surface area contributed by atoms with Crippen LogP contribution < -0.4 is 10.6 Å². The number of aliphatic carboxylic acids is 1. The van der Waals surface area contributed by atoms with Crippen LogP contribution in [-0.2, 0) is 9.59 Å². The molecule has 2 aromatic rings. The zero-order chi connectivity index (χ0) is 27.2. The van der Waals surface area contributed by atoms with Crippen LogP contribution in [0.3, 0.4) is 0 Å². The Kier molecular flexibility index (Phi) is 8.60. The van der Waals surface area contributed by atoms with Crippen LogP contribution in [0.1, 0.15) is 54.4 Å². The summed E-state index contributed by atoms with van der Waals surface area (Å²) in [4.78, 5) is 54.6. The summed E-state index contributed by atoms with van der Waals surface area (Å²) in [5.41, 5.74) is 1.69. The number of urea groups is 1. The van der Waals surface area contributed by atoms with Crippen molar-refractivity contribution in [2.45, 2.75) is 57.7 Å². The molecule has 2 aliphatic rings. The van der Waals surface area contributed by atoms with Crippen LogP contribution in [0.25, 0.3) is 0 Å². The fourth-order valence-electron chi connectivity index (χ4n) is 5.24. The van der Waals surface area contributed by atoms with Crippen molar-refractivity contribution in [1.82, 2.24) is 15.1 Å². The Labute approximate surface area is 221 Å². The van der Waals surface area contributed by atoms with Gasteiger partial charge in [0.15, 0.2) is 6.17 Å². The minimum atomic E-state index is -1.27. The summed E-state index contributed by atoms with van der Waals surface area (Å²) < 4.78 is 13.3. The number of nitrogens with one attached hydrogen (secondary N) is 2. The zero-order valence-electron chi connectivity index (χ0n) is 21.4. The molecule has 0 aromatic heterocycles. The van der Waals surface area contributed by atoms with Crippen molar-refractivity contribution in [3.8, 4) is 0 Å². The lowest BCUT2D eigenvalue weighted by atomic mass is 9.82. The van der Waals surface area contributed by atoms with E-state index in [-0.39, 0.29) is 25.4 Å². The number of nitrogens with zero attached hydrogens (tertiary/aromatic N) is 2. The fourth-order valence-corrected chi connectivity index (χ4v) is 5.24. The highest BCUT2D eigenvalue weighted by atomic mass is 19.1. The molecule has 38 heavy (non-hydrogen) atoms. The number of hydrogen-bond donors (Lipinski definition) is 3. The molecular weight excluding hydrogens is 491 g/mol. The molecular formula is C28H33FN4O5. The molecule has 2 aromatic carbocycles. The van der Waals surface area contributed by atoms with Gasteiger partial charge in [-0.05, 0) is 62.1 Å². The Balaban J connectivity index is 1.59. The molecule has 3 N–H and O–H groups in total. The van der Waals surface area contributed by atoms with Gasteiger partial charge in [-0.1, -0.05) is 37.0 Å². The van der Waals surface area contributed by atoms with Crippen molar-refractivity contribution < 1.29 is 28.7 Å². The Morgan fingerprint density at radius 3 is 2.21 bits per heavy atom. The van der Waals surface area contributed by atoms with E-state index in [9.17, 15) is 28.7 Å². The first kappa shape index (κ1) is 27.1. The number of aryl methyl sites for hydroxylation is 1. The Bertz CT molecular complexity index is 1160. The van der Waals surface area contributed by atoms with Gasteiger partial charge >= 0.3 is 12.0 Å². The number of carbonyl (C=O) groups is 4. The van der Waals surface area contributed by atoms with E-state index in [1.54, 1.807) is 24.3 Å². The van der Waals surface area contributed by atoms with Crippen LogP contribution in [0, 0.1) is 18.7 Å². The summed E-state index contributed by atoms with van der Waals surface area (Å²) in [7, 11) is 0. The molecule has 1 saturated carbocycles. The normalized spacial score (nSPS) is 18.6. The second-order valence-electron chi connectivity index (χ2n) is 9.98. The number of amides is 4. The molecule has 1 aliphatic heterocycles. The maximum atomic E-state index is 13.7. The highest BCUT2D eigenvalue weighted by Gasteiger charge is 2.44. The maximum absolute atomic E-state index is 13.7. The van der Waals surface area contributed by atoms with E-state index >= 15 is 0 Å². The van der Waals surface area contributed by atoms with Gasteiger partial charge in [0, 0.05) is 30.4 Å². The third-order valence-corrected chi connectivity index (χ3v) is 7.26. The van der Waals surface area contributed by atoms with Gasteiger partial charge in [-0.2, -0.15) is 0 Å². The van der Waals surface area contributed by atoms with E-state index < -0.39 is 41.8 Å². The Hall–Kier alpha value is -3.95. The minimum absolute atomic E-state index is 0.00736. The van der Waals surface area contributed by atoms with Crippen molar-refractivity contribution >= 4 is 29.5 Å². The lowest BCUT2D eigenvalue weighted by molar-refractivity contribution is -0.138. The first-order valence-corrected chi connectivity index (χ1v) is 13.0. The third-order valence-electron chi connectivity index (χ3n) is 7.26. The van der Waals surface area contributed by atoms with E-state index in [4.69, 9.17) is 0 Å². The number of carboxylic acid groups (broad SMARTS) is 1. The molecule has 9 nitrogen and oxygen atoms in total. The molecule has 2 unspecified atom stereocenters. The molecule has 10 heteroatoms. The molecule has 1 saturated heterocycles. The van der Waals surface area contributed by atoms with Crippen molar-refractivity contribution in [2.75, 3.05) is 18.4 Å². The molecule has 2 fully saturated rings. The van der Waals surface area contributed by atoms with Crippen LogP contribution in [0.5, 0.6) is 0 Å². The largest absolute Gasteiger partial charge is 0.481 e. The Morgan fingerprint density at radius 2 is 1.58 bits per heavy atom. The molecule has 4 amide bonds. The molecule has 0 radical (unpaired) electrons. The minimum Gasteiger partial charge on any atom is -0.481 e. The van der Waals surface area contributed by atoms with E-state index in [0.29, 0.717) is 11.3 Å². The molecule has 4 rings (SSSR count). The summed E-state index contributed by atoms with van der Waals surface area (Å²) in [5.74, 6) is -2.48. The number of halogens is 1. The SMILES string of the molecule is Cc1ccc(C(=O)N2CCN(C(=O)Nc3ccc(F)cc3)C2C(=O)NC(CC(=O)O)C2CCCCC2)cc1. The van der Waals surface area contributed by atoms with Crippen LogP contribution in [0.4, 0.5) is 14.9 Å². The summed E-state index contributed by atoms with van der Waals surface area (Å²) >= 11 is 0. The van der Waals surface area contributed by atoms with Gasteiger partial charge in [0.1, 0.15) is 5.82 Å². The van der Waals surface area contributed by atoms with Gasteiger partial charge in [-0.25, -0.2) is 9.18 Å². The standard InChI is InChI=1S/C28H33FN4O5/c1-18-7-9-20(10-8-18)27(37)32-15-16-33(28(38)30-22-13-11-21(29)12-14-22)26(32)25(36)31-23(17-24(34)35)19-5-3-2-4-6-19/h7-14,19,23,26H,2-6,15-17H2,1H3,(H,30,38)(H,31,36)(H,34,35). The summed E-state index contributed by atoms with van der Waals surface area (Å²) in [6, 6.07) is 10.9. The lowest BCUT2D eigenvalue weighted by Crippen LogP contribution is -2.57. The number of carboxylic acids is 1. The second-order valence-corrected chi connectivity index (χ2v) is 9.98. The van der Waals surface area contributed by atoms with Gasteiger partial charge in [-0.3, -0.25) is 19.3 Å². The topological polar surface area (TPSA) is 119 Å². The molecule has 1 heterocycles. The number of hydrogen-bond acceptors (Lipinski definition) is 4. The first-order chi connectivity index (χ1) is 18.2. The van der Waals surface area contributed by atoms with Crippen LogP contribution in [0.2, 0.25) is 0 Å². The number of rotatable bonds is 7. The van der Waals surface area contributed by atoms with Crippen molar-refractivity contribution in [1.29, 1.82) is 0 Å². The van der Waals surface area contributed by atoms with E-state index in [1.807, 2.05) is 6.92 Å². The predicted molar refractivity (Wildman–Crippen MR) is 139 cm³/mol. The quantitative estimate of drug-likeness (QED) is 0.506. The monoisotopic (exact) mass is 524 g/mol. The predicted octanol–water partition coefficient (Wildman–Crippen LogP) is 3.99. The summed E-state index contributed by atoms with van der Waals surface area (Å²) in [5, 5.41) is 15.0. The van der Waals surface area contributed by atoms with E-state index in [0.717, 1.165) is 37.7 Å². The molecule has 1 aliphatic carbocycles. The van der Waals surface area contributed by atoms with Crippen molar-refractivity contribution in [2.24, 2.45) is 5.92 Å². The third kappa shape index (κ3) is 6.48. The first-order valence-electron chi connectivity index (χ1n) is 13.0. The van der Waals surface area contributed by atoms with Gasteiger partial charge in [-0.15, -0.1) is 0 Å². The Morgan fingerprint density at radius 1 is 0.947 bits per heavy atom. The molecule has 2 atom stereocenters. The highest BCUT2D eigenvalue weighted by Crippen LogP contribution is 2.29. The van der Waals surface area contributed by atoms with Gasteiger partial charge in [0.05, 0.1) is 6.42 Å². The average molecular weight is 525 g/mol. The van der Waals surface area contributed by atoms with Crippen LogP contribution in [0.15, 0.2) is 48.5 Å². The van der Waals surface area contributed by atoms with Crippen molar-refractivity contribution in [3.63, 3.8) is 0 Å². The van der Waals surface area contributed by atoms with Crippen LogP contribution >= 0.6 is 0 Å². The molecule has 0 bridgehead atoms. The zero-order valence-corrected chi connectivity index (χ0v) is 21.4. The maximum Gasteiger partial charge on any atom is 0.323 e. The molecule has 0 spiro atoms. The lowest BCUT2D eigenvalue weighted by Gasteiger charge is -2.34. The summed E-state index contributed by atoms with van der Waals surface area (Å²) in [6.45, 7) is 2.11. The van der Waals surface area contributed by atoms with Crippen LogP contribution in [-0.4, -0.2) is 64.0 Å². The number of anilines is 1. The van der Waals surface area contributed by atoms with Crippen molar-refractivity contribution in [3.05, 3.63) is 65.5 Å². The van der Waals surface area contributed by atoms with Gasteiger partial charge in [0.2, 0.25) is 0 Å². The fraction of sp³-hybridized carbons (Fsp3) is 0.429. The smallest absolute Gasteiger partial charge is 0.323 e. The van der Waals surface area contributed by atoms with Gasteiger partial charge in [0.25, 0.3) is 11.8 Å². The van der Waals surface area contributed by atoms with E-state index in [1.165, 1.54) is 34.1 Å². The summed E-state index contributed by atoms with van der Waals surface area (Å²) in [6.07, 6.45) is 3.10. The second kappa shape index (κ2) is 12.1. The highest BCUT2D eigenvalue weighted by molar-refractivity contribution is 6.00. The van der Waals surface area contributed by atoms with Gasteiger partial charge < -0.3 is 20.6 Å². The molecule has 202 valence electrons. The number of carbonyl (C=O) groups excluding carboxylic acids is 3. The van der Waals surface area contributed by atoms with E-state index in [2.05, 4.69) is 10.6 Å².